The predicted molar refractivity (Wildman–Crippen MR) is 65.9 cm³/mol. The third-order valence-electron chi connectivity index (χ3n) is 2.42. The zero-order chi connectivity index (χ0) is 12.3. The molecule has 2 heterocycles. The van der Waals surface area contributed by atoms with Crippen molar-refractivity contribution in [1.82, 2.24) is 20.4 Å². The van der Waals surface area contributed by atoms with Gasteiger partial charge in [-0.15, -0.1) is 5.10 Å². The summed E-state index contributed by atoms with van der Waals surface area (Å²) in [6.45, 7) is 2.88. The van der Waals surface area contributed by atoms with Crippen molar-refractivity contribution in [3.8, 4) is 0 Å². The molecule has 0 amide bonds. The molecule has 17 heavy (non-hydrogen) atoms. The Labute approximate surface area is 107 Å². The number of furan rings is 1. The highest BCUT2D eigenvalue weighted by atomic mass is 79.9. The monoisotopic (exact) mass is 299 g/mol. The van der Waals surface area contributed by atoms with E-state index in [2.05, 4.69) is 38.6 Å². The number of halogens is 1. The molecule has 0 saturated carbocycles. The van der Waals surface area contributed by atoms with E-state index in [0.717, 1.165) is 24.4 Å². The zero-order valence-corrected chi connectivity index (χ0v) is 11.0. The van der Waals surface area contributed by atoms with Crippen molar-refractivity contribution < 1.29 is 4.42 Å². The Bertz CT molecular complexity index is 481. The Kier molecular flexibility index (Phi) is 3.93. The molecular weight excluding hydrogens is 286 g/mol. The van der Waals surface area contributed by atoms with Gasteiger partial charge in [0.25, 0.3) is 0 Å². The molecule has 2 rings (SSSR count). The second kappa shape index (κ2) is 5.44. The van der Waals surface area contributed by atoms with Gasteiger partial charge in [-0.25, -0.2) is 10.1 Å². The van der Waals surface area contributed by atoms with Crippen molar-refractivity contribution in [2.75, 3.05) is 0 Å². The maximum absolute atomic E-state index is 5.58. The largest absolute Gasteiger partial charge is 0.452 e. The van der Waals surface area contributed by atoms with Gasteiger partial charge in [-0.2, -0.15) is 0 Å². The number of aromatic nitrogens is 3. The van der Waals surface area contributed by atoms with Crippen LogP contribution in [0, 0.1) is 0 Å². The minimum absolute atomic E-state index is 0.247. The lowest BCUT2D eigenvalue weighted by Gasteiger charge is -2.14. The Morgan fingerprint density at radius 1 is 1.59 bits per heavy atom. The molecule has 0 bridgehead atoms. The summed E-state index contributed by atoms with van der Waals surface area (Å²) in [5.41, 5.74) is 3.60. The van der Waals surface area contributed by atoms with Crippen LogP contribution < -0.4 is 11.3 Å². The van der Waals surface area contributed by atoms with Crippen LogP contribution in [-0.2, 0) is 6.54 Å². The second-order valence-electron chi connectivity index (χ2n) is 3.62. The van der Waals surface area contributed by atoms with Gasteiger partial charge in [0, 0.05) is 6.54 Å². The molecule has 7 heteroatoms. The van der Waals surface area contributed by atoms with E-state index in [-0.39, 0.29) is 6.04 Å². The van der Waals surface area contributed by atoms with Gasteiger partial charge in [0.05, 0.1) is 11.9 Å². The van der Waals surface area contributed by atoms with E-state index in [1.165, 1.54) is 0 Å². The lowest BCUT2D eigenvalue weighted by Crippen LogP contribution is -2.30. The molecule has 2 aromatic rings. The van der Waals surface area contributed by atoms with Gasteiger partial charge < -0.3 is 4.42 Å². The Hall–Kier alpha value is -1.18. The maximum Gasteiger partial charge on any atom is 0.169 e. The van der Waals surface area contributed by atoms with Crippen molar-refractivity contribution in [2.24, 2.45) is 5.84 Å². The molecule has 1 unspecified atom stereocenters. The normalized spacial score (nSPS) is 12.9. The molecule has 0 radical (unpaired) electrons. The number of hydrogen-bond donors (Lipinski definition) is 2. The minimum Gasteiger partial charge on any atom is -0.452 e. The van der Waals surface area contributed by atoms with Crippen molar-refractivity contribution in [1.29, 1.82) is 0 Å². The summed E-state index contributed by atoms with van der Waals surface area (Å²) in [4.78, 5) is 0. The molecule has 0 spiro atoms. The summed E-state index contributed by atoms with van der Waals surface area (Å²) in [7, 11) is 0. The molecule has 0 aliphatic heterocycles. The number of aryl methyl sites for hydroxylation is 1. The van der Waals surface area contributed by atoms with E-state index < -0.39 is 0 Å². The van der Waals surface area contributed by atoms with E-state index in [9.17, 15) is 0 Å². The fourth-order valence-electron chi connectivity index (χ4n) is 1.67. The smallest absolute Gasteiger partial charge is 0.169 e. The van der Waals surface area contributed by atoms with Gasteiger partial charge in [0.15, 0.2) is 4.67 Å². The Morgan fingerprint density at radius 3 is 3.00 bits per heavy atom. The molecule has 6 nitrogen and oxygen atoms in total. The van der Waals surface area contributed by atoms with E-state index >= 15 is 0 Å². The van der Waals surface area contributed by atoms with Crippen LogP contribution >= 0.6 is 15.9 Å². The highest BCUT2D eigenvalue weighted by Gasteiger charge is 2.20. The lowest BCUT2D eigenvalue weighted by molar-refractivity contribution is 0.416. The molecule has 0 saturated heterocycles. The van der Waals surface area contributed by atoms with Crippen LogP contribution in [0.2, 0.25) is 0 Å². The van der Waals surface area contributed by atoms with Gasteiger partial charge in [-0.3, -0.25) is 5.84 Å². The van der Waals surface area contributed by atoms with Crippen molar-refractivity contribution in [3.05, 3.63) is 34.5 Å². The first-order chi connectivity index (χ1) is 8.26. The van der Waals surface area contributed by atoms with E-state index in [1.54, 1.807) is 6.20 Å². The summed E-state index contributed by atoms with van der Waals surface area (Å²) < 4.78 is 7.99. The number of rotatable bonds is 5. The van der Waals surface area contributed by atoms with Gasteiger partial charge in [-0.1, -0.05) is 12.1 Å². The Morgan fingerprint density at radius 2 is 2.41 bits per heavy atom. The average molecular weight is 300 g/mol. The van der Waals surface area contributed by atoms with E-state index in [0.29, 0.717) is 4.67 Å². The van der Waals surface area contributed by atoms with Crippen LogP contribution in [0.5, 0.6) is 0 Å². The van der Waals surface area contributed by atoms with Gasteiger partial charge in [0.2, 0.25) is 0 Å². The fourth-order valence-corrected chi connectivity index (χ4v) is 1.99. The number of hydrogen-bond acceptors (Lipinski definition) is 5. The molecule has 0 aliphatic carbocycles. The van der Waals surface area contributed by atoms with Crippen LogP contribution in [0.1, 0.15) is 30.8 Å². The third-order valence-corrected chi connectivity index (χ3v) is 2.85. The summed E-state index contributed by atoms with van der Waals surface area (Å²) in [5.74, 6) is 6.30. The van der Waals surface area contributed by atoms with E-state index in [4.69, 9.17) is 10.3 Å². The highest BCUT2D eigenvalue weighted by molar-refractivity contribution is 9.10. The molecule has 2 aromatic heterocycles. The van der Waals surface area contributed by atoms with Gasteiger partial charge in [-0.05, 0) is 34.5 Å². The Balaban J connectivity index is 2.31. The van der Waals surface area contributed by atoms with Crippen molar-refractivity contribution in [3.63, 3.8) is 0 Å². The quantitative estimate of drug-likeness (QED) is 0.647. The van der Waals surface area contributed by atoms with E-state index in [1.807, 2.05) is 16.8 Å². The molecule has 92 valence electrons. The second-order valence-corrected chi connectivity index (χ2v) is 4.41. The van der Waals surface area contributed by atoms with Crippen molar-refractivity contribution >= 4 is 15.9 Å². The van der Waals surface area contributed by atoms with Crippen LogP contribution in [0.4, 0.5) is 0 Å². The van der Waals surface area contributed by atoms with Crippen LogP contribution in [0.25, 0.3) is 0 Å². The van der Waals surface area contributed by atoms with Crippen LogP contribution in [0.15, 0.2) is 27.4 Å². The SMILES string of the molecule is CCCn1nncc1C(NN)c1ccc(Br)o1. The first kappa shape index (κ1) is 12.3. The first-order valence-corrected chi connectivity index (χ1v) is 6.15. The van der Waals surface area contributed by atoms with Crippen molar-refractivity contribution in [2.45, 2.75) is 25.9 Å². The molecule has 0 aliphatic rings. The number of nitrogens with zero attached hydrogens (tertiary/aromatic N) is 3. The van der Waals surface area contributed by atoms with Gasteiger partial charge in [0.1, 0.15) is 11.8 Å². The summed E-state index contributed by atoms with van der Waals surface area (Å²) >= 11 is 3.27. The number of hydrazine groups is 1. The summed E-state index contributed by atoms with van der Waals surface area (Å²) in [6, 6.07) is 3.44. The molecule has 0 fully saturated rings. The molecule has 3 N–H and O–H groups in total. The first-order valence-electron chi connectivity index (χ1n) is 5.36. The molecular formula is C10H14BrN5O. The highest BCUT2D eigenvalue weighted by Crippen LogP contribution is 2.24. The molecule has 1 atom stereocenters. The maximum atomic E-state index is 5.58. The van der Waals surface area contributed by atoms with Crippen LogP contribution in [-0.4, -0.2) is 15.0 Å². The van der Waals surface area contributed by atoms with Gasteiger partial charge >= 0.3 is 0 Å². The fraction of sp³-hybridized carbons (Fsp3) is 0.400. The lowest BCUT2D eigenvalue weighted by atomic mass is 10.2. The van der Waals surface area contributed by atoms with Crippen LogP contribution in [0.3, 0.4) is 0 Å². The zero-order valence-electron chi connectivity index (χ0n) is 9.43. The average Bonchev–Trinajstić information content (AvgIpc) is 2.91. The molecule has 0 aromatic carbocycles. The predicted octanol–water partition coefficient (Wildman–Crippen LogP) is 1.60. The number of nitrogens with one attached hydrogen (secondary N) is 1. The number of nitrogens with two attached hydrogens (primary N) is 1. The summed E-state index contributed by atoms with van der Waals surface area (Å²) in [5, 5.41) is 7.93. The summed E-state index contributed by atoms with van der Waals surface area (Å²) in [6.07, 6.45) is 2.67. The minimum atomic E-state index is -0.247. The topological polar surface area (TPSA) is 81.9 Å². The third kappa shape index (κ3) is 2.56. The standard InChI is InChI=1S/C10H14BrN5O/c1-2-5-16-7(6-13-15-16)10(14-12)8-3-4-9(11)17-8/h3-4,6,10,14H,2,5,12H2,1H3.